The second-order valence-electron chi connectivity index (χ2n) is 17.7. The van der Waals surface area contributed by atoms with E-state index in [1.54, 1.807) is 0 Å². The van der Waals surface area contributed by atoms with Gasteiger partial charge in [0.25, 0.3) is 0 Å². The third kappa shape index (κ3) is 55.7. The van der Waals surface area contributed by atoms with Crippen LogP contribution in [0.25, 0.3) is 0 Å². The van der Waals surface area contributed by atoms with Gasteiger partial charge in [-0.05, 0) is 135 Å². The van der Waals surface area contributed by atoms with Crippen LogP contribution in [0.1, 0.15) is 207 Å². The molecule has 0 aromatic heterocycles. The highest BCUT2D eigenvalue weighted by Gasteiger charge is 2.19. The molecule has 0 radical (unpaired) electrons. The van der Waals surface area contributed by atoms with Gasteiger partial charge in [0.15, 0.2) is 6.10 Å². The summed E-state index contributed by atoms with van der Waals surface area (Å²) in [5, 5.41) is 0. The lowest BCUT2D eigenvalue weighted by atomic mass is 10.1. The molecule has 0 aliphatic carbocycles. The molecule has 0 saturated carbocycles. The van der Waals surface area contributed by atoms with Crippen molar-refractivity contribution in [3.05, 3.63) is 170 Å². The number of hydrogen-bond donors (Lipinski definition) is 0. The molecule has 0 N–H and O–H groups in total. The number of unbranched alkanes of at least 4 members (excludes halogenated alkanes) is 9. The number of allylic oxidation sites excluding steroid dienone is 28. The van der Waals surface area contributed by atoms with Gasteiger partial charge in [0.2, 0.25) is 0 Å². The molecule has 400 valence electrons. The van der Waals surface area contributed by atoms with Gasteiger partial charge in [0, 0.05) is 19.3 Å². The van der Waals surface area contributed by atoms with Crippen LogP contribution in [-0.4, -0.2) is 37.2 Å². The molecule has 0 bridgehead atoms. The summed E-state index contributed by atoms with van der Waals surface area (Å²) in [5.41, 5.74) is 0. The van der Waals surface area contributed by atoms with Crippen LogP contribution in [0, 0.1) is 0 Å². The van der Waals surface area contributed by atoms with Crippen LogP contribution in [0.4, 0.5) is 0 Å². The van der Waals surface area contributed by atoms with E-state index >= 15 is 0 Å². The molecule has 0 aliphatic rings. The SMILES string of the molecule is CC/C=C\C/C=C\C/C=C\C/C=C\C/C=C\C/C=C\CCC(=O)OCC(COC(=O)CCCCC/C=C\C/C=C\C/C=C\C/C=C\CC)OC(=O)CCCCCCCC/C=C\C/C=C\C/C=C\C/C=C\CC. The zero-order valence-corrected chi connectivity index (χ0v) is 45.6. The summed E-state index contributed by atoms with van der Waals surface area (Å²) in [6.45, 7) is 6.17. The first kappa shape index (κ1) is 66.8. The molecular formula is C66H100O6. The molecule has 0 fully saturated rings. The average molecular weight is 990 g/mol. The topological polar surface area (TPSA) is 78.9 Å². The summed E-state index contributed by atoms with van der Waals surface area (Å²) in [5.74, 6) is -1.07. The Morgan fingerprint density at radius 1 is 0.278 bits per heavy atom. The zero-order valence-electron chi connectivity index (χ0n) is 45.6. The lowest BCUT2D eigenvalue weighted by Gasteiger charge is -2.18. The van der Waals surface area contributed by atoms with E-state index in [1.165, 1.54) is 12.8 Å². The van der Waals surface area contributed by atoms with Crippen molar-refractivity contribution in [2.75, 3.05) is 13.2 Å². The van der Waals surface area contributed by atoms with Crippen LogP contribution in [-0.2, 0) is 28.6 Å². The fraction of sp³-hybridized carbons (Fsp3) is 0.530. The van der Waals surface area contributed by atoms with Crippen molar-refractivity contribution >= 4 is 17.9 Å². The van der Waals surface area contributed by atoms with Gasteiger partial charge in [-0.2, -0.15) is 0 Å². The molecule has 0 rings (SSSR count). The first-order valence-corrected chi connectivity index (χ1v) is 28.1. The Kier molecular flexibility index (Phi) is 54.1. The number of carbonyl (C=O) groups excluding carboxylic acids is 3. The van der Waals surface area contributed by atoms with Crippen molar-refractivity contribution in [2.24, 2.45) is 0 Å². The van der Waals surface area contributed by atoms with Crippen molar-refractivity contribution in [3.8, 4) is 0 Å². The van der Waals surface area contributed by atoms with E-state index in [9.17, 15) is 14.4 Å². The molecule has 0 aromatic carbocycles. The van der Waals surface area contributed by atoms with E-state index in [2.05, 4.69) is 179 Å². The third-order valence-electron chi connectivity index (χ3n) is 11.0. The lowest BCUT2D eigenvalue weighted by Crippen LogP contribution is -2.30. The van der Waals surface area contributed by atoms with E-state index in [-0.39, 0.29) is 44.0 Å². The van der Waals surface area contributed by atoms with E-state index in [0.717, 1.165) is 148 Å². The van der Waals surface area contributed by atoms with Crippen LogP contribution >= 0.6 is 0 Å². The minimum Gasteiger partial charge on any atom is -0.462 e. The molecule has 1 atom stereocenters. The third-order valence-corrected chi connectivity index (χ3v) is 11.0. The quantitative estimate of drug-likeness (QED) is 0.0262. The minimum atomic E-state index is -0.840. The molecular weight excluding hydrogens is 889 g/mol. The van der Waals surface area contributed by atoms with Crippen molar-refractivity contribution < 1.29 is 28.6 Å². The number of hydrogen-bond acceptors (Lipinski definition) is 6. The fourth-order valence-corrected chi connectivity index (χ4v) is 6.86. The van der Waals surface area contributed by atoms with Crippen molar-refractivity contribution in [3.63, 3.8) is 0 Å². The largest absolute Gasteiger partial charge is 0.462 e. The van der Waals surface area contributed by atoms with Crippen molar-refractivity contribution in [1.29, 1.82) is 0 Å². The van der Waals surface area contributed by atoms with E-state index in [0.29, 0.717) is 12.8 Å². The second-order valence-corrected chi connectivity index (χ2v) is 17.7. The van der Waals surface area contributed by atoms with Gasteiger partial charge in [0.1, 0.15) is 13.2 Å². The van der Waals surface area contributed by atoms with E-state index < -0.39 is 6.10 Å². The second kappa shape index (κ2) is 58.3. The van der Waals surface area contributed by atoms with Gasteiger partial charge in [-0.1, -0.05) is 223 Å². The molecule has 1 unspecified atom stereocenters. The van der Waals surface area contributed by atoms with Crippen LogP contribution in [0.5, 0.6) is 0 Å². The van der Waals surface area contributed by atoms with Gasteiger partial charge in [-0.25, -0.2) is 0 Å². The molecule has 0 spiro atoms. The Balaban J connectivity index is 4.62. The monoisotopic (exact) mass is 989 g/mol. The predicted octanol–water partition coefficient (Wildman–Crippen LogP) is 19.1. The Labute approximate surface area is 441 Å². The fourth-order valence-electron chi connectivity index (χ4n) is 6.86. The standard InChI is InChI=1S/C66H100O6/c1-4-7-10-13-16-19-22-25-28-31-33-35-38-41-44-47-50-53-56-59-65(68)71-62-63(61-70-64(67)58-55-52-49-46-43-40-37-30-27-24-21-18-15-12-9-6-3)72-66(69)60-57-54-51-48-45-42-39-36-34-32-29-26-23-20-17-14-11-8-5-2/h7-12,16-21,25-30,33-36,40-41,43-44,50,53,63H,4-6,13-15,22-24,31-32,37-39,42,45-49,51-52,54-62H2,1-3H3/b10-7-,11-8-,12-9-,19-16-,20-17-,21-18-,28-25-,29-26-,30-27-,35-33-,36-34-,43-40-,44-41-,53-50-. The number of carbonyl (C=O) groups is 3. The van der Waals surface area contributed by atoms with Gasteiger partial charge >= 0.3 is 17.9 Å². The van der Waals surface area contributed by atoms with E-state index in [1.807, 2.05) is 12.2 Å². The highest BCUT2D eigenvalue weighted by Crippen LogP contribution is 2.12. The number of esters is 3. The Hall–Kier alpha value is -5.23. The summed E-state index contributed by atoms with van der Waals surface area (Å²) in [6.07, 6.45) is 86.3. The van der Waals surface area contributed by atoms with Crippen LogP contribution in [0.3, 0.4) is 0 Å². The number of ether oxygens (including phenoxy) is 3. The highest BCUT2D eigenvalue weighted by atomic mass is 16.6. The molecule has 0 aliphatic heterocycles. The summed E-state index contributed by atoms with van der Waals surface area (Å²) < 4.78 is 16.7. The summed E-state index contributed by atoms with van der Waals surface area (Å²) in [4.78, 5) is 38.1. The van der Waals surface area contributed by atoms with Crippen LogP contribution < -0.4 is 0 Å². The van der Waals surface area contributed by atoms with Gasteiger partial charge in [-0.3, -0.25) is 14.4 Å². The first-order chi connectivity index (χ1) is 35.5. The maximum absolute atomic E-state index is 12.9. The molecule has 6 nitrogen and oxygen atoms in total. The summed E-state index contributed by atoms with van der Waals surface area (Å²) in [6, 6.07) is 0. The van der Waals surface area contributed by atoms with Crippen molar-refractivity contribution in [1.82, 2.24) is 0 Å². The summed E-state index contributed by atoms with van der Waals surface area (Å²) in [7, 11) is 0. The Bertz CT molecular complexity index is 1700. The van der Waals surface area contributed by atoms with Crippen LogP contribution in [0.2, 0.25) is 0 Å². The lowest BCUT2D eigenvalue weighted by molar-refractivity contribution is -0.166. The Morgan fingerprint density at radius 3 is 0.875 bits per heavy atom. The predicted molar refractivity (Wildman–Crippen MR) is 311 cm³/mol. The minimum absolute atomic E-state index is 0.133. The molecule has 0 amide bonds. The van der Waals surface area contributed by atoms with Crippen LogP contribution in [0.15, 0.2) is 170 Å². The maximum atomic E-state index is 12.9. The normalized spacial score (nSPS) is 13.4. The number of rotatable bonds is 48. The molecule has 0 aromatic rings. The van der Waals surface area contributed by atoms with E-state index in [4.69, 9.17) is 14.2 Å². The molecule has 0 saturated heterocycles. The Morgan fingerprint density at radius 2 is 0.528 bits per heavy atom. The first-order valence-electron chi connectivity index (χ1n) is 28.1. The van der Waals surface area contributed by atoms with Gasteiger partial charge in [-0.15, -0.1) is 0 Å². The molecule has 0 heterocycles. The zero-order chi connectivity index (χ0) is 52.2. The van der Waals surface area contributed by atoms with Gasteiger partial charge in [0.05, 0.1) is 0 Å². The van der Waals surface area contributed by atoms with Gasteiger partial charge < -0.3 is 14.2 Å². The molecule has 72 heavy (non-hydrogen) atoms. The van der Waals surface area contributed by atoms with Crippen molar-refractivity contribution in [2.45, 2.75) is 213 Å². The average Bonchev–Trinajstić information content (AvgIpc) is 3.38. The summed E-state index contributed by atoms with van der Waals surface area (Å²) >= 11 is 0. The highest BCUT2D eigenvalue weighted by molar-refractivity contribution is 5.71. The smallest absolute Gasteiger partial charge is 0.306 e. The maximum Gasteiger partial charge on any atom is 0.306 e. The molecule has 6 heteroatoms.